The van der Waals surface area contributed by atoms with E-state index in [0.717, 1.165) is 11.1 Å². The van der Waals surface area contributed by atoms with Crippen LogP contribution in [-0.4, -0.2) is 26.6 Å². The van der Waals surface area contributed by atoms with Gasteiger partial charge in [0.05, 0.1) is 25.2 Å². The maximum atomic E-state index is 13.9. The van der Waals surface area contributed by atoms with Gasteiger partial charge in [0.25, 0.3) is 10.0 Å². The molecule has 0 saturated heterocycles. The number of hydrogen-bond donors (Lipinski definition) is 0. The fourth-order valence-electron chi connectivity index (χ4n) is 3.28. The van der Waals surface area contributed by atoms with E-state index in [0.29, 0.717) is 5.56 Å². The molecule has 0 atom stereocenters. The molecule has 166 valence electrons. The Morgan fingerprint density at radius 2 is 1.38 bits per heavy atom. The van der Waals surface area contributed by atoms with Gasteiger partial charge >= 0.3 is 0 Å². The summed E-state index contributed by atoms with van der Waals surface area (Å²) < 4.78 is 29.0. The molecule has 3 rings (SSSR count). The number of ketones is 1. The van der Waals surface area contributed by atoms with Gasteiger partial charge in [-0.2, -0.15) is 0 Å². The summed E-state index contributed by atoms with van der Waals surface area (Å²) in [7, 11) is -5.95. The van der Waals surface area contributed by atoms with Crippen LogP contribution in [0.25, 0.3) is 0 Å². The van der Waals surface area contributed by atoms with Crippen molar-refractivity contribution in [3.05, 3.63) is 113 Å². The first-order valence-corrected chi connectivity index (χ1v) is 15.6. The van der Waals surface area contributed by atoms with Crippen LogP contribution in [0.5, 0.6) is 0 Å². The highest BCUT2D eigenvalue weighted by atomic mass is 32.2. The van der Waals surface area contributed by atoms with Gasteiger partial charge in [-0.3, -0.25) is 9.10 Å². The molecule has 4 nitrogen and oxygen atoms in total. The first kappa shape index (κ1) is 23.7. The molecule has 0 heterocycles. The summed E-state index contributed by atoms with van der Waals surface area (Å²) in [6.45, 7) is 8.25. The smallest absolute Gasteiger partial charge is 0.264 e. The first-order valence-electron chi connectivity index (χ1n) is 10.5. The van der Waals surface area contributed by atoms with Gasteiger partial charge in [0.1, 0.15) is 0 Å². The number of nitrogens with zero attached hydrogens (tertiary/aromatic N) is 1. The predicted octanol–water partition coefficient (Wildman–Crippen LogP) is 5.83. The van der Waals surface area contributed by atoms with Gasteiger partial charge < -0.3 is 0 Å². The highest BCUT2D eigenvalue weighted by Crippen LogP contribution is 2.27. The molecule has 3 aromatic rings. The Morgan fingerprint density at radius 1 is 0.844 bits per heavy atom. The Balaban J connectivity index is 2.20. The lowest BCUT2D eigenvalue weighted by atomic mass is 10.1. The van der Waals surface area contributed by atoms with E-state index in [1.807, 2.05) is 49.0 Å². The number of aryl methyl sites for hydroxylation is 1. The van der Waals surface area contributed by atoms with Crippen molar-refractivity contribution in [2.24, 2.45) is 0 Å². The molecule has 0 aromatic heterocycles. The number of hydrogen-bond acceptors (Lipinski definition) is 3. The van der Waals surface area contributed by atoms with Crippen LogP contribution in [0.3, 0.4) is 0 Å². The first-order chi connectivity index (χ1) is 15.1. The summed E-state index contributed by atoms with van der Waals surface area (Å²) in [5, 5.41) is 0. The van der Waals surface area contributed by atoms with E-state index in [1.54, 1.807) is 48.5 Å². The fraction of sp³-hybridized carbons (Fsp3) is 0.192. The van der Waals surface area contributed by atoms with E-state index in [1.165, 1.54) is 4.31 Å². The Morgan fingerprint density at radius 3 is 1.91 bits per heavy atom. The minimum atomic E-state index is -3.97. The zero-order valence-electron chi connectivity index (χ0n) is 18.9. The quantitative estimate of drug-likeness (QED) is 0.240. The molecule has 0 N–H and O–H groups in total. The molecule has 32 heavy (non-hydrogen) atoms. The van der Waals surface area contributed by atoms with E-state index < -0.39 is 18.1 Å². The number of rotatable bonds is 8. The van der Waals surface area contributed by atoms with Crippen LogP contribution in [0.1, 0.15) is 21.5 Å². The lowest BCUT2D eigenvalue weighted by Crippen LogP contribution is -2.35. The molecular weight excluding hydrogens is 434 g/mol. The van der Waals surface area contributed by atoms with Crippen molar-refractivity contribution >= 4 is 23.9 Å². The van der Waals surface area contributed by atoms with Gasteiger partial charge in [0.15, 0.2) is 0 Å². The Labute approximate surface area is 192 Å². The van der Waals surface area contributed by atoms with Crippen LogP contribution >= 0.6 is 0 Å². The van der Waals surface area contributed by atoms with Gasteiger partial charge in [0, 0.05) is 5.56 Å². The standard InChI is InChI=1S/C26H29NO3SSi/c1-21-15-17-24(18-16-21)31(29,30)27(19-22-11-7-5-8-12-22)25(20-32(2,3)4)26(28)23-13-9-6-10-14-23/h5-18,20H,19H2,1-4H3/b25-20+. The van der Waals surface area contributed by atoms with Crippen molar-refractivity contribution in [3.8, 4) is 0 Å². The normalized spacial score (nSPS) is 12.4. The molecule has 0 amide bonds. The fourth-order valence-corrected chi connectivity index (χ4v) is 5.93. The van der Waals surface area contributed by atoms with Crippen molar-refractivity contribution in [2.75, 3.05) is 0 Å². The number of Topliss-reactive ketones (excluding diaryl/α,β-unsaturated/α-hetero) is 1. The molecule has 0 fully saturated rings. The zero-order chi connectivity index (χ0) is 23.4. The molecule has 0 aliphatic carbocycles. The van der Waals surface area contributed by atoms with Crippen molar-refractivity contribution in [2.45, 2.75) is 38.0 Å². The van der Waals surface area contributed by atoms with E-state index >= 15 is 0 Å². The maximum absolute atomic E-state index is 13.9. The minimum Gasteiger partial charge on any atom is -0.287 e. The molecule has 0 unspecified atom stereocenters. The summed E-state index contributed by atoms with van der Waals surface area (Å²) in [4.78, 5) is 13.8. The predicted molar refractivity (Wildman–Crippen MR) is 133 cm³/mol. The van der Waals surface area contributed by atoms with E-state index in [9.17, 15) is 13.2 Å². The average Bonchev–Trinajstić information content (AvgIpc) is 2.76. The van der Waals surface area contributed by atoms with Crippen LogP contribution in [0.2, 0.25) is 19.6 Å². The summed E-state index contributed by atoms with van der Waals surface area (Å²) in [5.41, 5.74) is 4.34. The number of benzene rings is 3. The lowest BCUT2D eigenvalue weighted by Gasteiger charge is -2.28. The van der Waals surface area contributed by atoms with Crippen LogP contribution < -0.4 is 0 Å². The van der Waals surface area contributed by atoms with E-state index in [-0.39, 0.29) is 22.9 Å². The highest BCUT2D eigenvalue weighted by molar-refractivity contribution is 7.89. The van der Waals surface area contributed by atoms with Crippen molar-refractivity contribution in [1.29, 1.82) is 0 Å². The van der Waals surface area contributed by atoms with Gasteiger partial charge in [-0.15, -0.1) is 0 Å². The van der Waals surface area contributed by atoms with Crippen LogP contribution in [-0.2, 0) is 16.6 Å². The minimum absolute atomic E-state index is 0.0753. The largest absolute Gasteiger partial charge is 0.287 e. The third kappa shape index (κ3) is 5.84. The van der Waals surface area contributed by atoms with Gasteiger partial charge in [-0.25, -0.2) is 8.42 Å². The van der Waals surface area contributed by atoms with E-state index in [2.05, 4.69) is 19.6 Å². The molecule has 0 saturated carbocycles. The molecule has 0 bridgehead atoms. The average molecular weight is 464 g/mol. The number of carbonyl (C=O) groups excluding carboxylic acids is 1. The third-order valence-corrected chi connectivity index (χ3v) is 7.80. The second-order valence-corrected chi connectivity index (χ2v) is 15.8. The van der Waals surface area contributed by atoms with Crippen LogP contribution in [0.4, 0.5) is 0 Å². The number of allylic oxidation sites excluding steroid dienone is 1. The van der Waals surface area contributed by atoms with Crippen molar-refractivity contribution in [1.82, 2.24) is 4.31 Å². The lowest BCUT2D eigenvalue weighted by molar-refractivity contribution is 0.101. The molecule has 0 aliphatic rings. The summed E-state index contributed by atoms with van der Waals surface area (Å²) >= 11 is 0. The third-order valence-electron chi connectivity index (χ3n) is 4.89. The summed E-state index contributed by atoms with van der Waals surface area (Å²) in [5.74, 6) is -0.292. The van der Waals surface area contributed by atoms with Gasteiger partial charge in [0.2, 0.25) is 5.78 Å². The second-order valence-electron chi connectivity index (χ2n) is 8.90. The van der Waals surface area contributed by atoms with Gasteiger partial charge in [-0.1, -0.05) is 104 Å². The second kappa shape index (κ2) is 9.67. The van der Waals surface area contributed by atoms with Crippen LogP contribution in [0, 0.1) is 6.92 Å². The van der Waals surface area contributed by atoms with E-state index in [4.69, 9.17) is 0 Å². The Bertz CT molecular complexity index is 1200. The van der Waals surface area contributed by atoms with Crippen molar-refractivity contribution < 1.29 is 13.2 Å². The summed E-state index contributed by atoms with van der Waals surface area (Å²) in [6.07, 6.45) is 0. The molecular formula is C26H29NO3SSi. The van der Waals surface area contributed by atoms with Crippen LogP contribution in [0.15, 0.2) is 101 Å². The van der Waals surface area contributed by atoms with Gasteiger partial charge in [-0.05, 0) is 24.6 Å². The summed E-state index contributed by atoms with van der Waals surface area (Å²) in [6, 6.07) is 25.0. The zero-order valence-corrected chi connectivity index (χ0v) is 20.8. The molecule has 3 aromatic carbocycles. The monoisotopic (exact) mass is 463 g/mol. The SMILES string of the molecule is Cc1ccc(S(=O)(=O)N(Cc2ccccc2)/C(=C/[Si](C)(C)C)C(=O)c2ccccc2)cc1. The molecule has 0 spiro atoms. The maximum Gasteiger partial charge on any atom is 0.264 e. The molecule has 0 radical (unpaired) electrons. The Kier molecular flexibility index (Phi) is 7.16. The topological polar surface area (TPSA) is 54.5 Å². The number of sulfonamides is 1. The molecule has 0 aliphatic heterocycles. The number of carbonyl (C=O) groups is 1. The highest BCUT2D eigenvalue weighted by Gasteiger charge is 2.32. The van der Waals surface area contributed by atoms with Crippen molar-refractivity contribution in [3.63, 3.8) is 0 Å². The molecule has 6 heteroatoms. The Hall–Kier alpha value is -2.96.